The summed E-state index contributed by atoms with van der Waals surface area (Å²) in [5, 5.41) is 0. The SMILES string of the molecule is CCCCCCCCCCc1ccc(-c2ccc(-c3ccc(-c4cc(-c5cc(B6OC(C)(C)C(C)(C)O6)cc(-c6cc(-c7ccc(-c8ccc(-c9ccc(CCCCCCCCCC)s9)s8)s7)cc(-c7ccc(-c8ccc(-c9ccc(CCCCCCCCCC)s9)s8)s7)c6)c5)cc(-c5ccc(-c6ccc(-c7ccc(CCCCCCCCCC)s7)s6)s5)c4)s3)s2)s1. The van der Waals surface area contributed by atoms with Gasteiger partial charge in [-0.15, -0.1) is 136 Å². The van der Waals surface area contributed by atoms with E-state index in [1.54, 1.807) is 0 Å². The van der Waals surface area contributed by atoms with E-state index in [2.05, 4.69) is 256 Å². The molecular formula is C112H129BO2S12. The van der Waals surface area contributed by atoms with Gasteiger partial charge in [-0.2, -0.15) is 0 Å². The Labute approximate surface area is 809 Å². The first-order chi connectivity index (χ1) is 62.2. The Bertz CT molecular complexity index is 5240. The molecule has 0 spiro atoms. The standard InChI is InChI=1S/C112H129BO2S12/c1-9-13-17-21-25-29-33-37-41-87-45-49-95(116-87)99-61-65-107(124-99)103-57-53-91(120-103)82-70-78(71-83(74-82)92-54-58-104(121-92)108-66-62-100(125-108)96-50-46-88(117-96)42-38-34-30-26-22-18-14-10-2)80-69-81(77-86(76-80)113-114-111(5,6)112(7,8)115-113)79-72-84(93-55-59-105(122-93)109-67-63-101(126-109)97-51-47-89(118-97)43-39-35-31-27-23-19-15-11-3)75-85(73-79)94-56-60-106(123-94)110-68-64-102(127-110)98-52-48-90(119-98)44-40-36-32-28-24-20-16-12-4/h45-77H,9-44H2,1-8H3. The molecular weight excluding hydrogens is 1770 g/mol. The third-order valence-electron chi connectivity index (χ3n) is 25.7. The maximum absolute atomic E-state index is 7.14. The maximum atomic E-state index is 7.14. The van der Waals surface area contributed by atoms with Gasteiger partial charge in [-0.3, -0.25) is 0 Å². The van der Waals surface area contributed by atoms with Gasteiger partial charge in [0, 0.05) is 117 Å². The second kappa shape index (κ2) is 46.6. The molecule has 15 heteroatoms. The molecule has 0 amide bonds. The molecule has 1 aliphatic rings. The molecule has 0 aliphatic carbocycles. The highest BCUT2D eigenvalue weighted by Gasteiger charge is 2.52. The van der Waals surface area contributed by atoms with E-state index in [-0.39, 0.29) is 0 Å². The van der Waals surface area contributed by atoms with Crippen molar-refractivity contribution in [1.29, 1.82) is 0 Å². The van der Waals surface area contributed by atoms with E-state index < -0.39 is 18.3 Å². The molecule has 664 valence electrons. The van der Waals surface area contributed by atoms with Gasteiger partial charge >= 0.3 is 7.12 Å². The minimum absolute atomic E-state index is 0.549. The Kier molecular flexibility index (Phi) is 34.6. The van der Waals surface area contributed by atoms with Crippen LogP contribution >= 0.6 is 136 Å². The molecule has 0 bridgehead atoms. The van der Waals surface area contributed by atoms with E-state index in [1.165, 1.54) is 370 Å². The number of hydrogen-bond acceptors (Lipinski definition) is 14. The zero-order valence-corrected chi connectivity index (χ0v) is 86.1. The molecule has 12 aromatic heterocycles. The van der Waals surface area contributed by atoms with Crippen molar-refractivity contribution in [3.8, 4) is 142 Å². The lowest BCUT2D eigenvalue weighted by Crippen LogP contribution is -2.41. The van der Waals surface area contributed by atoms with Gasteiger partial charge in [0.1, 0.15) is 0 Å². The molecule has 1 fully saturated rings. The largest absolute Gasteiger partial charge is 0.494 e. The highest BCUT2D eigenvalue weighted by molar-refractivity contribution is 7.30. The minimum atomic E-state index is -0.594. The zero-order valence-electron chi connectivity index (χ0n) is 76.3. The van der Waals surface area contributed by atoms with Crippen LogP contribution in [0, 0.1) is 0 Å². The van der Waals surface area contributed by atoms with Crippen LogP contribution in [0.4, 0.5) is 0 Å². The summed E-state index contributed by atoms with van der Waals surface area (Å²) >= 11 is 23.4. The van der Waals surface area contributed by atoms with E-state index in [4.69, 9.17) is 9.31 Å². The molecule has 2 nitrogen and oxygen atoms in total. The van der Waals surface area contributed by atoms with Crippen LogP contribution in [-0.2, 0) is 35.0 Å². The summed E-state index contributed by atoms with van der Waals surface area (Å²) in [4.78, 5) is 32.5. The lowest BCUT2D eigenvalue weighted by Gasteiger charge is -2.32. The highest BCUT2D eigenvalue weighted by atomic mass is 32.1. The third kappa shape index (κ3) is 25.3. The summed E-state index contributed by atoms with van der Waals surface area (Å²) in [5.41, 5.74) is 9.34. The fourth-order valence-corrected chi connectivity index (χ4v) is 30.4. The first-order valence-corrected chi connectivity index (χ1v) is 58.0. The molecule has 0 N–H and O–H groups in total. The summed E-state index contributed by atoms with van der Waals surface area (Å²) in [7, 11) is -0.594. The normalized spacial score (nSPS) is 13.3. The van der Waals surface area contributed by atoms with Crippen LogP contribution in [0.15, 0.2) is 200 Å². The van der Waals surface area contributed by atoms with E-state index in [0.29, 0.717) is 0 Å². The van der Waals surface area contributed by atoms with Crippen LogP contribution in [0.25, 0.3) is 142 Å². The van der Waals surface area contributed by atoms with Crippen molar-refractivity contribution < 1.29 is 9.31 Å². The molecule has 0 saturated carbocycles. The fourth-order valence-electron chi connectivity index (χ4n) is 17.5. The molecule has 0 unspecified atom stereocenters. The minimum Gasteiger partial charge on any atom is -0.399 e. The number of aryl methyl sites for hydroxylation is 4. The molecule has 0 radical (unpaired) electrons. The summed E-state index contributed by atoms with van der Waals surface area (Å²) in [6.45, 7) is 18.0. The number of benzene rings is 3. The average Bonchev–Trinajstić information content (AvgIpc) is 1.67. The molecule has 127 heavy (non-hydrogen) atoms. The lowest BCUT2D eigenvalue weighted by atomic mass is 9.76. The van der Waals surface area contributed by atoms with E-state index in [9.17, 15) is 0 Å². The van der Waals surface area contributed by atoms with Gasteiger partial charge in [-0.1, -0.05) is 220 Å². The van der Waals surface area contributed by atoms with Gasteiger partial charge in [0.15, 0.2) is 0 Å². The first kappa shape index (κ1) is 94.2. The van der Waals surface area contributed by atoms with Crippen molar-refractivity contribution in [1.82, 2.24) is 0 Å². The molecule has 13 heterocycles. The number of hydrogen-bond donors (Lipinski definition) is 0. The van der Waals surface area contributed by atoms with Gasteiger partial charge in [0.25, 0.3) is 0 Å². The van der Waals surface area contributed by atoms with Crippen LogP contribution in [-0.4, -0.2) is 18.3 Å². The van der Waals surface area contributed by atoms with Crippen molar-refractivity contribution in [3.05, 3.63) is 220 Å². The van der Waals surface area contributed by atoms with Gasteiger partial charge in [-0.25, -0.2) is 0 Å². The summed E-state index contributed by atoms with van der Waals surface area (Å²) in [5.74, 6) is 0. The summed E-state index contributed by atoms with van der Waals surface area (Å²) in [6.07, 6.45) is 47.9. The van der Waals surface area contributed by atoms with Crippen molar-refractivity contribution in [2.75, 3.05) is 0 Å². The predicted octanol–water partition coefficient (Wildman–Crippen LogP) is 40.8. The van der Waals surface area contributed by atoms with Gasteiger partial charge in [-0.05, 0) is 317 Å². The van der Waals surface area contributed by atoms with Crippen molar-refractivity contribution in [2.24, 2.45) is 0 Å². The smallest absolute Gasteiger partial charge is 0.399 e. The topological polar surface area (TPSA) is 18.5 Å². The molecule has 1 saturated heterocycles. The van der Waals surface area contributed by atoms with Crippen LogP contribution in [0.3, 0.4) is 0 Å². The average molecular weight is 1900 g/mol. The summed E-state index contributed by atoms with van der Waals surface area (Å²) < 4.78 is 14.3. The van der Waals surface area contributed by atoms with Gasteiger partial charge in [0.2, 0.25) is 0 Å². The Morgan fingerprint density at radius 2 is 0.339 bits per heavy atom. The van der Waals surface area contributed by atoms with Crippen LogP contribution in [0.2, 0.25) is 0 Å². The van der Waals surface area contributed by atoms with Crippen LogP contribution < -0.4 is 5.46 Å². The Hall–Kier alpha value is -5.96. The first-order valence-electron chi connectivity index (χ1n) is 48.2. The number of rotatable bonds is 51. The van der Waals surface area contributed by atoms with Crippen molar-refractivity contribution >= 4 is 149 Å². The van der Waals surface area contributed by atoms with Crippen molar-refractivity contribution in [2.45, 2.75) is 298 Å². The number of thiophene rings is 12. The second-order valence-corrected chi connectivity index (χ2v) is 49.6. The number of unbranched alkanes of at least 4 members (excludes halogenated alkanes) is 28. The molecule has 15 aromatic rings. The van der Waals surface area contributed by atoms with Crippen LogP contribution in [0.1, 0.15) is 280 Å². The maximum Gasteiger partial charge on any atom is 0.494 e. The fraction of sp³-hybridized carbons (Fsp3) is 0.411. The zero-order chi connectivity index (χ0) is 87.3. The third-order valence-corrected chi connectivity index (χ3v) is 40.7. The lowest BCUT2D eigenvalue weighted by molar-refractivity contribution is 0.00578. The van der Waals surface area contributed by atoms with Crippen LogP contribution in [0.5, 0.6) is 0 Å². The van der Waals surface area contributed by atoms with Crippen molar-refractivity contribution in [3.63, 3.8) is 0 Å². The van der Waals surface area contributed by atoms with E-state index in [1.807, 2.05) is 136 Å². The van der Waals surface area contributed by atoms with Gasteiger partial charge < -0.3 is 9.31 Å². The molecule has 16 rings (SSSR count). The Morgan fingerprint density at radius 1 is 0.181 bits per heavy atom. The molecule has 0 atom stereocenters. The monoisotopic (exact) mass is 1900 g/mol. The second-order valence-electron chi connectivity index (χ2n) is 36.3. The van der Waals surface area contributed by atoms with Gasteiger partial charge in [0.05, 0.1) is 11.2 Å². The molecule has 3 aromatic carbocycles. The molecule has 1 aliphatic heterocycles. The van der Waals surface area contributed by atoms with E-state index in [0.717, 1.165) is 27.7 Å². The highest BCUT2D eigenvalue weighted by Crippen LogP contribution is 2.51. The summed E-state index contributed by atoms with van der Waals surface area (Å²) in [6, 6.07) is 79.0. The Balaban J connectivity index is 0.738. The van der Waals surface area contributed by atoms with E-state index >= 15 is 0 Å². The predicted molar refractivity (Wildman–Crippen MR) is 578 cm³/mol. The Morgan fingerprint density at radius 3 is 0.559 bits per heavy atom. The quantitative estimate of drug-likeness (QED) is 0.0279.